The van der Waals surface area contributed by atoms with Gasteiger partial charge in [-0.05, 0) is 12.1 Å². The van der Waals surface area contributed by atoms with Crippen LogP contribution in [0.25, 0.3) is 0 Å². The maximum Gasteiger partial charge on any atom is 0.211 e. The van der Waals surface area contributed by atoms with Gasteiger partial charge in [0.05, 0.1) is 17.9 Å². The zero-order valence-electron chi connectivity index (χ0n) is 27.8. The molecule has 6 aromatic rings. The number of hydrogen-bond donors (Lipinski definition) is 0. The minimum absolute atomic E-state index is 0.159. The molecule has 2 aliphatic heterocycles. The second-order valence-corrected chi connectivity index (χ2v) is 18.7. The molecule has 2 aliphatic rings. The SMILES string of the molecule is O=P(c1ccccc1)(c1ccccc1)[C@H]1[C@H](Oc2ccccc2)O[C@@H]2CO[C@@H](c3ccccc3)O[C@H]2[C@@H]1P(=O)(c1ccccc1)c1ccccc1. The summed E-state index contributed by atoms with van der Waals surface area (Å²) in [6.07, 6.45) is -3.32. The normalized spacial score (nSPS) is 23.5. The minimum Gasteiger partial charge on any atom is -0.464 e. The van der Waals surface area contributed by atoms with E-state index in [0.717, 1.165) is 5.56 Å². The van der Waals surface area contributed by atoms with E-state index < -0.39 is 50.4 Å². The first-order valence-electron chi connectivity index (χ1n) is 17.2. The number of benzene rings is 6. The lowest BCUT2D eigenvalue weighted by atomic mass is 10.0. The summed E-state index contributed by atoms with van der Waals surface area (Å²) in [7, 11) is -7.54. The van der Waals surface area contributed by atoms with E-state index in [9.17, 15) is 0 Å². The zero-order chi connectivity index (χ0) is 34.7. The molecule has 2 saturated heterocycles. The average molecular weight is 713 g/mol. The molecule has 0 radical (unpaired) electrons. The van der Waals surface area contributed by atoms with Gasteiger partial charge in [0.2, 0.25) is 6.29 Å². The molecule has 0 amide bonds. The molecule has 0 unspecified atom stereocenters. The van der Waals surface area contributed by atoms with Crippen molar-refractivity contribution in [2.24, 2.45) is 0 Å². The average Bonchev–Trinajstić information content (AvgIpc) is 3.21. The fourth-order valence-electron chi connectivity index (χ4n) is 7.48. The smallest absolute Gasteiger partial charge is 0.211 e. The van der Waals surface area contributed by atoms with Crippen LogP contribution in [0.4, 0.5) is 0 Å². The number of fused-ring (bicyclic) bond motifs is 1. The molecule has 2 heterocycles. The summed E-state index contributed by atoms with van der Waals surface area (Å²) in [6.45, 7) is 0.159. The largest absolute Gasteiger partial charge is 0.464 e. The second kappa shape index (κ2) is 14.6. The minimum atomic E-state index is -3.78. The van der Waals surface area contributed by atoms with Crippen molar-refractivity contribution in [1.29, 1.82) is 0 Å². The lowest BCUT2D eigenvalue weighted by Crippen LogP contribution is -2.64. The second-order valence-electron chi connectivity index (χ2n) is 12.8. The van der Waals surface area contributed by atoms with Gasteiger partial charge >= 0.3 is 0 Å². The van der Waals surface area contributed by atoms with Crippen LogP contribution in [0.2, 0.25) is 0 Å². The van der Waals surface area contributed by atoms with E-state index in [1.165, 1.54) is 0 Å². The summed E-state index contributed by atoms with van der Waals surface area (Å²) < 4.78 is 60.6. The van der Waals surface area contributed by atoms with Crippen molar-refractivity contribution in [3.63, 3.8) is 0 Å². The molecule has 6 nitrogen and oxygen atoms in total. The van der Waals surface area contributed by atoms with Gasteiger partial charge in [-0.3, -0.25) is 0 Å². The summed E-state index contributed by atoms with van der Waals surface area (Å²) >= 11 is 0. The summed E-state index contributed by atoms with van der Waals surface area (Å²) in [6, 6.07) is 57.2. The van der Waals surface area contributed by atoms with Crippen molar-refractivity contribution in [2.75, 3.05) is 6.61 Å². The Bertz CT molecular complexity index is 2030. The van der Waals surface area contributed by atoms with Gasteiger partial charge in [0.1, 0.15) is 25.1 Å². The highest BCUT2D eigenvalue weighted by Gasteiger charge is 2.63. The number of ether oxygens (including phenoxy) is 4. The van der Waals surface area contributed by atoms with Gasteiger partial charge in [-0.15, -0.1) is 0 Å². The Morgan fingerprint density at radius 3 is 1.31 bits per heavy atom. The Morgan fingerprint density at radius 1 is 0.471 bits per heavy atom. The molecule has 0 bridgehead atoms. The first-order valence-corrected chi connectivity index (χ1v) is 20.7. The Morgan fingerprint density at radius 2 is 0.863 bits per heavy atom. The monoisotopic (exact) mass is 712 g/mol. The van der Waals surface area contributed by atoms with Crippen LogP contribution in [0, 0.1) is 0 Å². The lowest BCUT2D eigenvalue weighted by Gasteiger charge is -2.53. The third-order valence-corrected chi connectivity index (χ3v) is 17.2. The number of hydrogen-bond acceptors (Lipinski definition) is 6. The van der Waals surface area contributed by atoms with E-state index in [4.69, 9.17) is 18.9 Å². The van der Waals surface area contributed by atoms with Gasteiger partial charge in [-0.25, -0.2) is 0 Å². The van der Waals surface area contributed by atoms with E-state index >= 15 is 9.13 Å². The molecule has 8 heteroatoms. The molecule has 256 valence electrons. The lowest BCUT2D eigenvalue weighted by molar-refractivity contribution is -0.302. The van der Waals surface area contributed by atoms with E-state index in [1.54, 1.807) is 0 Å². The molecule has 0 spiro atoms. The van der Waals surface area contributed by atoms with E-state index in [2.05, 4.69) is 0 Å². The molecule has 0 aromatic heterocycles. The Labute approximate surface area is 298 Å². The quantitative estimate of drug-likeness (QED) is 0.143. The Hall–Kier alpha value is -4.54. The van der Waals surface area contributed by atoms with Crippen LogP contribution in [0.15, 0.2) is 182 Å². The van der Waals surface area contributed by atoms with Crippen molar-refractivity contribution >= 4 is 35.5 Å². The van der Waals surface area contributed by atoms with Gasteiger partial charge in [0, 0.05) is 26.8 Å². The van der Waals surface area contributed by atoms with Crippen LogP contribution in [0.5, 0.6) is 5.75 Å². The van der Waals surface area contributed by atoms with Gasteiger partial charge in [0.15, 0.2) is 13.4 Å². The van der Waals surface area contributed by atoms with Crippen LogP contribution in [-0.4, -0.2) is 36.4 Å². The fraction of sp³-hybridized carbons (Fsp3) is 0.163. The van der Waals surface area contributed by atoms with Crippen molar-refractivity contribution in [1.82, 2.24) is 0 Å². The summed E-state index contributed by atoms with van der Waals surface area (Å²) in [5, 5.41) is 2.53. The summed E-state index contributed by atoms with van der Waals surface area (Å²) in [4.78, 5) is 0. The highest BCUT2D eigenvalue weighted by atomic mass is 31.2. The van der Waals surface area contributed by atoms with E-state index in [1.807, 2.05) is 182 Å². The maximum absolute atomic E-state index is 16.8. The van der Waals surface area contributed by atoms with Crippen LogP contribution >= 0.6 is 14.3 Å². The Kier molecular flexibility index (Phi) is 9.62. The molecular weight excluding hydrogens is 674 g/mol. The standard InChI is InChI=1S/C43H38O6P2/c44-50(34-23-11-3-12-24-34,35-25-13-4-14-26-35)40-39-38(31-46-42(49-39)32-19-7-1-8-20-32)48-43(47-33-21-9-2-10-22-33)41(40)51(45,36-27-15-5-16-28-36)37-29-17-6-18-30-37/h1-30,38-43H,31H2/t38-,39-,40+,41-,42-,43-/m1/s1. The molecule has 0 saturated carbocycles. The summed E-state index contributed by atoms with van der Waals surface area (Å²) in [5.41, 5.74) is -1.02. The third kappa shape index (κ3) is 6.33. The highest BCUT2D eigenvalue weighted by Crippen LogP contribution is 2.65. The zero-order valence-corrected chi connectivity index (χ0v) is 29.6. The van der Waals surface area contributed by atoms with Crippen LogP contribution in [0.3, 0.4) is 0 Å². The predicted molar refractivity (Wildman–Crippen MR) is 203 cm³/mol. The van der Waals surface area contributed by atoms with Crippen molar-refractivity contribution in [3.05, 3.63) is 188 Å². The van der Waals surface area contributed by atoms with Gasteiger partial charge in [-0.2, -0.15) is 0 Å². The predicted octanol–water partition coefficient (Wildman–Crippen LogP) is 7.67. The van der Waals surface area contributed by atoms with E-state index in [0.29, 0.717) is 27.0 Å². The van der Waals surface area contributed by atoms with Gasteiger partial charge in [-0.1, -0.05) is 170 Å². The molecule has 0 aliphatic carbocycles. The number of para-hydroxylation sites is 1. The first-order chi connectivity index (χ1) is 25.1. The molecule has 51 heavy (non-hydrogen) atoms. The molecular formula is C43H38O6P2. The summed E-state index contributed by atoms with van der Waals surface area (Å²) in [5.74, 6) is 0.548. The molecule has 6 aromatic carbocycles. The molecule has 0 N–H and O–H groups in total. The molecule has 6 atom stereocenters. The van der Waals surface area contributed by atoms with Gasteiger partial charge in [0.25, 0.3) is 0 Å². The third-order valence-electron chi connectivity index (χ3n) is 9.80. The fourth-order valence-corrected chi connectivity index (χ4v) is 15.4. The van der Waals surface area contributed by atoms with Gasteiger partial charge < -0.3 is 28.1 Å². The van der Waals surface area contributed by atoms with Crippen molar-refractivity contribution < 1.29 is 28.1 Å². The Balaban J connectivity index is 1.43. The molecule has 8 rings (SSSR count). The van der Waals surface area contributed by atoms with Crippen LogP contribution in [-0.2, 0) is 23.3 Å². The van der Waals surface area contributed by atoms with Crippen LogP contribution in [0.1, 0.15) is 11.9 Å². The highest BCUT2D eigenvalue weighted by molar-refractivity contribution is 7.83. The van der Waals surface area contributed by atoms with Crippen molar-refractivity contribution in [3.8, 4) is 5.75 Å². The number of rotatable bonds is 9. The van der Waals surface area contributed by atoms with E-state index in [-0.39, 0.29) is 6.61 Å². The van der Waals surface area contributed by atoms with Crippen LogP contribution < -0.4 is 26.0 Å². The van der Waals surface area contributed by atoms with Crippen molar-refractivity contribution in [2.45, 2.75) is 36.1 Å². The maximum atomic E-state index is 16.8. The molecule has 2 fully saturated rings. The first kappa shape index (κ1) is 33.6. The topological polar surface area (TPSA) is 71.1 Å².